The average molecular weight is 426 g/mol. The van der Waals surface area contributed by atoms with E-state index in [-0.39, 0.29) is 0 Å². The molecular weight excluding hydrogens is 416 g/mol. The Morgan fingerprint density at radius 3 is 2.35 bits per heavy atom. The van der Waals surface area contributed by atoms with Crippen molar-refractivity contribution in [2.24, 2.45) is 0 Å². The molecule has 0 fully saturated rings. The lowest BCUT2D eigenvalue weighted by atomic mass is 10.0. The molecule has 0 saturated heterocycles. The lowest BCUT2D eigenvalue weighted by Crippen LogP contribution is -1.77. The molecule has 5 rings (SSSR count). The lowest BCUT2D eigenvalue weighted by Gasteiger charge is -2.02. The molecule has 0 saturated carbocycles. The maximum atomic E-state index is 6.26. The van der Waals surface area contributed by atoms with Gasteiger partial charge >= 0.3 is 0 Å². The van der Waals surface area contributed by atoms with Crippen molar-refractivity contribution in [2.75, 3.05) is 0 Å². The predicted octanol–water partition coefficient (Wildman–Crippen LogP) is 7.42. The summed E-state index contributed by atoms with van der Waals surface area (Å²) in [5.74, 6) is 0. The molecule has 0 atom stereocenters. The van der Waals surface area contributed by atoms with Crippen LogP contribution in [-0.2, 0) is 0 Å². The Bertz CT molecular complexity index is 1230. The minimum Gasteiger partial charge on any atom is -0.455 e. The van der Waals surface area contributed by atoms with E-state index >= 15 is 0 Å². The van der Waals surface area contributed by atoms with Crippen molar-refractivity contribution in [2.45, 2.75) is 0 Å². The summed E-state index contributed by atoms with van der Waals surface area (Å²) in [6.07, 6.45) is 0. The third kappa shape index (κ3) is 1.90. The molecule has 23 heavy (non-hydrogen) atoms. The highest BCUT2D eigenvalue weighted by Crippen LogP contribution is 2.40. The SMILES string of the molecule is Brc1ccc2ccc3c(oc4cc(Br)c5ccccc5c43)c2c1. The van der Waals surface area contributed by atoms with Gasteiger partial charge in [0.2, 0.25) is 0 Å². The van der Waals surface area contributed by atoms with Gasteiger partial charge in [-0.1, -0.05) is 68.3 Å². The molecule has 0 amide bonds. The van der Waals surface area contributed by atoms with Gasteiger partial charge in [-0.05, 0) is 40.4 Å². The summed E-state index contributed by atoms with van der Waals surface area (Å²) < 4.78 is 8.38. The molecular formula is C20H10Br2O. The third-order valence-electron chi connectivity index (χ3n) is 4.37. The van der Waals surface area contributed by atoms with Gasteiger partial charge in [-0.2, -0.15) is 0 Å². The highest BCUT2D eigenvalue weighted by atomic mass is 79.9. The van der Waals surface area contributed by atoms with Gasteiger partial charge in [-0.15, -0.1) is 0 Å². The zero-order chi connectivity index (χ0) is 15.6. The van der Waals surface area contributed by atoms with E-state index < -0.39 is 0 Å². The molecule has 3 heteroatoms. The number of benzene rings is 4. The number of hydrogen-bond acceptors (Lipinski definition) is 1. The summed E-state index contributed by atoms with van der Waals surface area (Å²) in [4.78, 5) is 0. The van der Waals surface area contributed by atoms with Gasteiger partial charge in [0.05, 0.1) is 0 Å². The number of hydrogen-bond donors (Lipinski definition) is 0. The molecule has 110 valence electrons. The van der Waals surface area contributed by atoms with E-state index in [2.05, 4.69) is 92.5 Å². The van der Waals surface area contributed by atoms with E-state index in [4.69, 9.17) is 4.42 Å². The molecule has 4 aromatic carbocycles. The molecule has 0 aliphatic heterocycles. The smallest absolute Gasteiger partial charge is 0.143 e. The molecule has 1 aromatic heterocycles. The second kappa shape index (κ2) is 4.83. The first-order valence-electron chi connectivity index (χ1n) is 7.34. The number of fused-ring (bicyclic) bond motifs is 7. The van der Waals surface area contributed by atoms with Crippen LogP contribution < -0.4 is 0 Å². The summed E-state index contributed by atoms with van der Waals surface area (Å²) >= 11 is 7.23. The van der Waals surface area contributed by atoms with E-state index in [1.807, 2.05) is 0 Å². The minimum atomic E-state index is 0.915. The van der Waals surface area contributed by atoms with E-state index in [1.165, 1.54) is 21.5 Å². The second-order valence-corrected chi connectivity index (χ2v) is 7.46. The fourth-order valence-electron chi connectivity index (χ4n) is 3.35. The molecule has 0 unspecified atom stereocenters. The minimum absolute atomic E-state index is 0.915. The third-order valence-corrected chi connectivity index (χ3v) is 5.52. The van der Waals surface area contributed by atoms with Crippen molar-refractivity contribution in [3.63, 3.8) is 0 Å². The topological polar surface area (TPSA) is 13.1 Å². The van der Waals surface area contributed by atoms with Crippen molar-refractivity contribution in [1.29, 1.82) is 0 Å². The van der Waals surface area contributed by atoms with Gasteiger partial charge in [-0.25, -0.2) is 0 Å². The first kappa shape index (κ1) is 13.6. The van der Waals surface area contributed by atoms with E-state index in [1.54, 1.807) is 0 Å². The Morgan fingerprint density at radius 2 is 1.48 bits per heavy atom. The lowest BCUT2D eigenvalue weighted by molar-refractivity contribution is 0.672. The van der Waals surface area contributed by atoms with Crippen LogP contribution in [0, 0.1) is 0 Å². The number of furan rings is 1. The molecule has 0 N–H and O–H groups in total. The highest BCUT2D eigenvalue weighted by molar-refractivity contribution is 9.11. The summed E-state index contributed by atoms with van der Waals surface area (Å²) in [6, 6.07) is 21.1. The van der Waals surface area contributed by atoms with Gasteiger partial charge in [0.1, 0.15) is 11.2 Å². The first-order valence-corrected chi connectivity index (χ1v) is 8.93. The maximum Gasteiger partial charge on any atom is 0.143 e. The van der Waals surface area contributed by atoms with Crippen LogP contribution in [0.1, 0.15) is 0 Å². The summed E-state index contributed by atoms with van der Waals surface area (Å²) in [6.45, 7) is 0. The van der Waals surface area contributed by atoms with Crippen LogP contribution in [-0.4, -0.2) is 0 Å². The molecule has 0 radical (unpaired) electrons. The van der Waals surface area contributed by atoms with Gasteiger partial charge in [0.25, 0.3) is 0 Å². The molecule has 1 heterocycles. The van der Waals surface area contributed by atoms with Crippen LogP contribution in [0.4, 0.5) is 0 Å². The molecule has 0 aliphatic carbocycles. The molecule has 5 aromatic rings. The molecule has 0 bridgehead atoms. The second-order valence-electron chi connectivity index (χ2n) is 5.69. The number of rotatable bonds is 0. The van der Waals surface area contributed by atoms with Crippen molar-refractivity contribution in [3.8, 4) is 0 Å². The van der Waals surface area contributed by atoms with Gasteiger partial charge in [0, 0.05) is 25.1 Å². The van der Waals surface area contributed by atoms with Gasteiger partial charge in [-0.3, -0.25) is 0 Å². The standard InChI is InChI=1S/C20H10Br2O/c21-12-7-5-11-6-8-15-19-14-4-2-1-3-13(14)17(22)10-18(19)23-20(15)16(11)9-12/h1-10H. The summed E-state index contributed by atoms with van der Waals surface area (Å²) in [5, 5.41) is 7.08. The zero-order valence-electron chi connectivity index (χ0n) is 11.9. The molecule has 0 spiro atoms. The molecule has 0 aliphatic rings. The van der Waals surface area contributed by atoms with Crippen LogP contribution in [0.3, 0.4) is 0 Å². The van der Waals surface area contributed by atoms with E-state index in [9.17, 15) is 0 Å². The summed E-state index contributed by atoms with van der Waals surface area (Å²) in [7, 11) is 0. The average Bonchev–Trinajstić information content (AvgIpc) is 2.94. The monoisotopic (exact) mass is 424 g/mol. The first-order chi connectivity index (χ1) is 11.2. The van der Waals surface area contributed by atoms with Crippen LogP contribution in [0.25, 0.3) is 43.5 Å². The largest absolute Gasteiger partial charge is 0.455 e. The Labute approximate surface area is 149 Å². The van der Waals surface area contributed by atoms with Crippen molar-refractivity contribution >= 4 is 75.3 Å². The van der Waals surface area contributed by atoms with Crippen LogP contribution in [0.5, 0.6) is 0 Å². The highest BCUT2D eigenvalue weighted by Gasteiger charge is 2.14. The maximum absolute atomic E-state index is 6.26. The van der Waals surface area contributed by atoms with Crippen LogP contribution >= 0.6 is 31.9 Å². The quantitative estimate of drug-likeness (QED) is 0.251. The van der Waals surface area contributed by atoms with Crippen LogP contribution in [0.15, 0.2) is 74.0 Å². The fourth-order valence-corrected chi connectivity index (χ4v) is 4.26. The van der Waals surface area contributed by atoms with E-state index in [0.717, 1.165) is 30.9 Å². The van der Waals surface area contributed by atoms with Crippen molar-refractivity contribution in [3.05, 3.63) is 69.6 Å². The van der Waals surface area contributed by atoms with Crippen molar-refractivity contribution < 1.29 is 4.42 Å². The Morgan fingerprint density at radius 1 is 0.696 bits per heavy atom. The Balaban J connectivity index is 2.10. The molecule has 1 nitrogen and oxygen atoms in total. The summed E-state index contributed by atoms with van der Waals surface area (Å²) in [5.41, 5.74) is 1.86. The van der Waals surface area contributed by atoms with Crippen LogP contribution in [0.2, 0.25) is 0 Å². The Kier molecular flexibility index (Phi) is 2.85. The predicted molar refractivity (Wildman–Crippen MR) is 104 cm³/mol. The van der Waals surface area contributed by atoms with E-state index in [0.29, 0.717) is 0 Å². The zero-order valence-corrected chi connectivity index (χ0v) is 15.1. The normalized spacial score (nSPS) is 11.9. The van der Waals surface area contributed by atoms with Gasteiger partial charge < -0.3 is 4.42 Å². The van der Waals surface area contributed by atoms with Gasteiger partial charge in [0.15, 0.2) is 0 Å². The van der Waals surface area contributed by atoms with Crippen molar-refractivity contribution in [1.82, 2.24) is 0 Å². The Hall–Kier alpha value is -1.84. The number of halogens is 2. The fraction of sp³-hybridized carbons (Fsp3) is 0.